The molecule has 0 heterocycles. The van der Waals surface area contributed by atoms with Gasteiger partial charge in [-0.1, -0.05) is 0 Å². The second-order valence-corrected chi connectivity index (χ2v) is 52.3. The van der Waals surface area contributed by atoms with Crippen LogP contribution in [0.15, 0.2) is 133 Å². The van der Waals surface area contributed by atoms with Crippen molar-refractivity contribution in [2.75, 3.05) is 0 Å². The van der Waals surface area contributed by atoms with Crippen LogP contribution in [-0.2, 0) is 17.9 Å². The number of hydrogen-bond donors (Lipinski definition) is 0. The summed E-state index contributed by atoms with van der Waals surface area (Å²) in [7, 11) is 0. The van der Waals surface area contributed by atoms with Gasteiger partial charge in [0.05, 0.1) is 0 Å². The van der Waals surface area contributed by atoms with Crippen LogP contribution in [0.1, 0.15) is 29.5 Å². The van der Waals surface area contributed by atoms with Gasteiger partial charge in [0.15, 0.2) is 0 Å². The van der Waals surface area contributed by atoms with Crippen LogP contribution in [0.25, 0.3) is 56.0 Å². The molecule has 0 radical (unpaired) electrons. The molecule has 0 bridgehead atoms. The second kappa shape index (κ2) is 10.2. The molecule has 0 amide bonds. The van der Waals surface area contributed by atoms with Gasteiger partial charge in [0.25, 0.3) is 0 Å². The molecule has 2 unspecified atom stereocenters. The van der Waals surface area contributed by atoms with Gasteiger partial charge in [-0.25, -0.2) is 0 Å². The van der Waals surface area contributed by atoms with E-state index < -0.39 is 23.9 Å². The Morgan fingerprint density at radius 1 is 0.455 bits per heavy atom. The van der Waals surface area contributed by atoms with Crippen LogP contribution in [0.3, 0.4) is 0 Å². The fourth-order valence-electron chi connectivity index (χ4n) is 8.56. The molecular weight excluding hydrogens is 624 g/mol. The van der Waals surface area contributed by atoms with Crippen LogP contribution in [0, 0.1) is 0 Å². The molecule has 0 aliphatic heterocycles. The Morgan fingerprint density at radius 3 is 1.30 bits per heavy atom. The third-order valence-electron chi connectivity index (χ3n) is 11.8. The minimum absolute atomic E-state index is 0.537. The van der Waals surface area contributed by atoms with Gasteiger partial charge in [0.1, 0.15) is 0 Å². The average Bonchev–Trinajstić information content (AvgIpc) is 3.71. The molecule has 0 spiro atoms. The molecule has 215 valence electrons. The quantitative estimate of drug-likeness (QED) is 0.161. The van der Waals surface area contributed by atoms with Gasteiger partial charge in [0, 0.05) is 0 Å². The summed E-state index contributed by atoms with van der Waals surface area (Å²) >= 11 is -3.58. The standard InChI is InChI=1S/2C19H13.C2H7Si.2CH3.Zr/c2*1-2-10-16-14(6-1)8-4-12-18(16)19-13-5-9-15-7-3-11-17(15)19;1-3-2;;;/h2*1-13H;3H,1-2H3;2*1H3;. The summed E-state index contributed by atoms with van der Waals surface area (Å²) in [4.78, 5) is 0. The van der Waals surface area contributed by atoms with Crippen LogP contribution >= 0.6 is 0 Å². The van der Waals surface area contributed by atoms with Crippen molar-refractivity contribution in [3.8, 4) is 22.3 Å². The molecule has 0 saturated heterocycles. The van der Waals surface area contributed by atoms with Gasteiger partial charge in [-0.15, -0.1) is 0 Å². The molecule has 0 N–H and O–H groups in total. The van der Waals surface area contributed by atoms with Gasteiger partial charge in [-0.3, -0.25) is 0 Å². The normalized spacial score (nSPS) is 18.1. The Balaban J connectivity index is 1.27. The van der Waals surface area contributed by atoms with Gasteiger partial charge in [-0.2, -0.15) is 0 Å². The molecule has 2 heteroatoms. The Kier molecular flexibility index (Phi) is 6.49. The Labute approximate surface area is 263 Å². The minimum atomic E-state index is -3.58. The van der Waals surface area contributed by atoms with Gasteiger partial charge in [0.2, 0.25) is 0 Å². The van der Waals surface area contributed by atoms with E-state index in [1.54, 1.807) is 11.1 Å². The van der Waals surface area contributed by atoms with Crippen molar-refractivity contribution in [2.45, 2.75) is 29.6 Å². The number of allylic oxidation sites excluding steroid dienone is 2. The third-order valence-corrected chi connectivity index (χ3v) is 58.7. The SMILES string of the molecule is C[SiH](C)[Zr]([CH3])([CH3])([CH]1C=Cc2c(-c3cccc4ccccc34)cccc21)[CH]1C=Cc2c(-c3cccc4ccccc34)cccc21. The topological polar surface area (TPSA) is 0 Å². The second-order valence-electron chi connectivity index (χ2n) is 14.2. The first-order valence-electron chi connectivity index (χ1n) is 16.1. The van der Waals surface area contributed by atoms with E-state index in [4.69, 9.17) is 0 Å². The zero-order chi connectivity index (χ0) is 30.1. The molecule has 6 aromatic rings. The zero-order valence-corrected chi connectivity index (χ0v) is 29.7. The molecule has 2 aliphatic rings. The summed E-state index contributed by atoms with van der Waals surface area (Å²) in [6.45, 7) is 5.32. The zero-order valence-electron chi connectivity index (χ0n) is 26.1. The van der Waals surface area contributed by atoms with E-state index in [2.05, 4.69) is 168 Å². The molecule has 0 aromatic heterocycles. The van der Waals surface area contributed by atoms with E-state index in [0.717, 1.165) is 0 Å². The van der Waals surface area contributed by atoms with Crippen LogP contribution in [-0.4, -0.2) is 5.92 Å². The molecule has 2 atom stereocenters. The predicted molar refractivity (Wildman–Crippen MR) is 193 cm³/mol. The molecule has 2 aliphatic carbocycles. The molecule has 6 aromatic carbocycles. The van der Waals surface area contributed by atoms with Gasteiger partial charge in [-0.05, 0) is 0 Å². The summed E-state index contributed by atoms with van der Waals surface area (Å²) in [5.74, 6) is -1.09. The number of hydrogen-bond acceptors (Lipinski definition) is 0. The van der Waals surface area contributed by atoms with Crippen molar-refractivity contribution >= 4 is 39.6 Å². The van der Waals surface area contributed by atoms with Crippen LogP contribution in [0.5, 0.6) is 0 Å². The van der Waals surface area contributed by atoms with Crippen molar-refractivity contribution in [1.29, 1.82) is 0 Å². The van der Waals surface area contributed by atoms with Crippen molar-refractivity contribution in [3.05, 3.63) is 156 Å². The Morgan fingerprint density at radius 2 is 0.841 bits per heavy atom. The van der Waals surface area contributed by atoms with Crippen molar-refractivity contribution in [3.63, 3.8) is 0 Å². The number of benzene rings is 6. The van der Waals surface area contributed by atoms with Gasteiger partial charge < -0.3 is 0 Å². The predicted octanol–water partition coefficient (Wildman–Crippen LogP) is 11.9. The molecule has 8 rings (SSSR count). The first kappa shape index (κ1) is 27.9. The fraction of sp³-hybridized carbons (Fsp3) is 0.143. The monoisotopic (exact) mass is 661 g/mol. The summed E-state index contributed by atoms with van der Waals surface area (Å²) in [6, 6.07) is 45.4. The van der Waals surface area contributed by atoms with Crippen molar-refractivity contribution in [1.82, 2.24) is 0 Å². The van der Waals surface area contributed by atoms with Gasteiger partial charge >= 0.3 is 265 Å². The summed E-state index contributed by atoms with van der Waals surface area (Å²) in [5.41, 5.74) is 11.5. The molecule has 0 nitrogen and oxygen atoms in total. The summed E-state index contributed by atoms with van der Waals surface area (Å²) < 4.78 is 6.72. The van der Waals surface area contributed by atoms with Crippen LogP contribution < -0.4 is 0 Å². The van der Waals surface area contributed by atoms with E-state index in [-0.39, 0.29) is 0 Å². The molecule has 0 saturated carbocycles. The average molecular weight is 663 g/mol. The van der Waals surface area contributed by atoms with Crippen LogP contribution in [0.2, 0.25) is 22.4 Å². The number of fused-ring (bicyclic) bond motifs is 4. The van der Waals surface area contributed by atoms with E-state index in [9.17, 15) is 0 Å². The third kappa shape index (κ3) is 3.97. The van der Waals surface area contributed by atoms with Crippen molar-refractivity contribution < 1.29 is 17.9 Å². The van der Waals surface area contributed by atoms with E-state index in [1.165, 1.54) is 54.9 Å². The Bertz CT molecular complexity index is 2010. The molecular formula is C42H39SiZr. The van der Waals surface area contributed by atoms with E-state index >= 15 is 0 Å². The van der Waals surface area contributed by atoms with E-state index in [0.29, 0.717) is 7.25 Å². The molecule has 44 heavy (non-hydrogen) atoms. The van der Waals surface area contributed by atoms with Crippen LogP contribution in [0.4, 0.5) is 0 Å². The molecule has 0 fully saturated rings. The summed E-state index contributed by atoms with van der Waals surface area (Å²) in [6.07, 6.45) is 10.2. The first-order valence-corrected chi connectivity index (χ1v) is 31.0. The Hall–Kier alpha value is -3.58. The first-order chi connectivity index (χ1) is 21.4. The number of rotatable bonds is 5. The van der Waals surface area contributed by atoms with Crippen molar-refractivity contribution in [2.24, 2.45) is 0 Å². The van der Waals surface area contributed by atoms with E-state index in [1.807, 2.05) is 0 Å². The maximum absolute atomic E-state index is 3.58. The maximum atomic E-state index is 2.82. The summed E-state index contributed by atoms with van der Waals surface area (Å²) in [5, 5.41) is 5.29. The fourth-order valence-corrected chi connectivity index (χ4v) is 34.5.